The molecule has 1 aromatic heterocycles. The van der Waals surface area contributed by atoms with Crippen molar-refractivity contribution in [2.45, 2.75) is 50.1 Å². The SMILES string of the molecule is CNCC(O)COc1cccc(-c2nc(C(O)NC3CCOCC3)cc(N(C)C3CCOCC3)n2)c1. The molecule has 4 rings (SSSR count). The molecule has 198 valence electrons. The summed E-state index contributed by atoms with van der Waals surface area (Å²) in [6, 6.07) is 9.85. The minimum Gasteiger partial charge on any atom is -0.491 e. The lowest BCUT2D eigenvalue weighted by atomic mass is 10.1. The van der Waals surface area contributed by atoms with E-state index in [-0.39, 0.29) is 12.6 Å². The van der Waals surface area contributed by atoms with E-state index in [1.54, 1.807) is 7.05 Å². The first-order valence-corrected chi connectivity index (χ1v) is 12.8. The molecule has 2 unspecified atom stereocenters. The maximum atomic E-state index is 11.1. The van der Waals surface area contributed by atoms with Crippen LogP contribution >= 0.6 is 0 Å². The number of anilines is 1. The van der Waals surface area contributed by atoms with Crippen LogP contribution in [0, 0.1) is 0 Å². The summed E-state index contributed by atoms with van der Waals surface area (Å²) in [5, 5.41) is 27.3. The van der Waals surface area contributed by atoms with E-state index < -0.39 is 12.3 Å². The second-order valence-electron chi connectivity index (χ2n) is 9.44. The third-order valence-electron chi connectivity index (χ3n) is 6.70. The number of benzene rings is 1. The third-order valence-corrected chi connectivity index (χ3v) is 6.70. The lowest BCUT2D eigenvalue weighted by molar-refractivity contribution is 0.0478. The van der Waals surface area contributed by atoms with E-state index in [2.05, 4.69) is 15.5 Å². The van der Waals surface area contributed by atoms with E-state index in [0.29, 0.717) is 43.1 Å². The van der Waals surface area contributed by atoms with E-state index in [1.807, 2.05) is 37.4 Å². The van der Waals surface area contributed by atoms with Gasteiger partial charge in [-0.2, -0.15) is 0 Å². The van der Waals surface area contributed by atoms with Gasteiger partial charge < -0.3 is 34.6 Å². The zero-order chi connectivity index (χ0) is 25.3. The Morgan fingerprint density at radius 1 is 1.06 bits per heavy atom. The Balaban J connectivity index is 1.59. The predicted molar refractivity (Wildman–Crippen MR) is 137 cm³/mol. The normalized spacial score (nSPS) is 19.1. The summed E-state index contributed by atoms with van der Waals surface area (Å²) in [6.45, 7) is 3.46. The smallest absolute Gasteiger partial charge is 0.162 e. The van der Waals surface area contributed by atoms with Crippen molar-refractivity contribution in [3.63, 3.8) is 0 Å². The van der Waals surface area contributed by atoms with Crippen LogP contribution in [-0.4, -0.2) is 92.0 Å². The number of nitrogens with one attached hydrogen (secondary N) is 2. The highest BCUT2D eigenvalue weighted by molar-refractivity contribution is 5.60. The van der Waals surface area contributed by atoms with Crippen molar-refractivity contribution in [2.24, 2.45) is 0 Å². The lowest BCUT2D eigenvalue weighted by Crippen LogP contribution is -2.39. The molecule has 2 aromatic rings. The molecule has 4 N–H and O–H groups in total. The number of hydrogen-bond donors (Lipinski definition) is 4. The molecule has 2 aliphatic rings. The quantitative estimate of drug-likeness (QED) is 0.337. The fourth-order valence-electron chi connectivity index (χ4n) is 4.55. The molecule has 0 spiro atoms. The molecule has 0 saturated carbocycles. The van der Waals surface area contributed by atoms with Gasteiger partial charge in [0.2, 0.25) is 0 Å². The van der Waals surface area contributed by atoms with Crippen LogP contribution in [0.4, 0.5) is 5.82 Å². The molecule has 0 bridgehead atoms. The van der Waals surface area contributed by atoms with E-state index in [4.69, 9.17) is 24.2 Å². The first kappa shape index (κ1) is 26.7. The first-order valence-electron chi connectivity index (χ1n) is 12.8. The average molecular weight is 502 g/mol. The van der Waals surface area contributed by atoms with Crippen LogP contribution in [0.25, 0.3) is 11.4 Å². The number of ether oxygens (including phenoxy) is 3. The van der Waals surface area contributed by atoms with Gasteiger partial charge in [0.25, 0.3) is 0 Å². The summed E-state index contributed by atoms with van der Waals surface area (Å²) in [7, 11) is 3.82. The number of aliphatic hydroxyl groups excluding tert-OH is 2. The molecule has 36 heavy (non-hydrogen) atoms. The van der Waals surface area contributed by atoms with E-state index >= 15 is 0 Å². The van der Waals surface area contributed by atoms with Crippen molar-refractivity contribution in [1.82, 2.24) is 20.6 Å². The van der Waals surface area contributed by atoms with Gasteiger partial charge in [-0.1, -0.05) is 12.1 Å². The van der Waals surface area contributed by atoms with Crippen LogP contribution in [0.3, 0.4) is 0 Å². The van der Waals surface area contributed by atoms with Crippen LogP contribution in [0.1, 0.15) is 37.6 Å². The van der Waals surface area contributed by atoms with Gasteiger partial charge in [0.05, 0.1) is 5.69 Å². The monoisotopic (exact) mass is 501 g/mol. The Kier molecular flexibility index (Phi) is 9.85. The summed E-state index contributed by atoms with van der Waals surface area (Å²) >= 11 is 0. The standard InChI is InChI=1S/C26H39N5O5/c1-27-16-21(32)17-36-22-5-3-4-18(14-22)25-29-23(26(33)28-19-6-10-34-11-7-19)15-24(30-25)31(2)20-8-12-35-13-9-20/h3-5,14-15,19-21,26-28,32-33H,6-13,16-17H2,1-2H3. The molecule has 0 radical (unpaired) electrons. The van der Waals surface area contributed by atoms with Gasteiger partial charge in [0, 0.05) is 63.7 Å². The molecule has 10 heteroatoms. The van der Waals surface area contributed by atoms with Crippen LogP contribution in [0.2, 0.25) is 0 Å². The summed E-state index contributed by atoms with van der Waals surface area (Å²) in [5.74, 6) is 1.89. The minimum absolute atomic E-state index is 0.171. The molecular formula is C26H39N5O5. The maximum Gasteiger partial charge on any atom is 0.162 e. The fourth-order valence-corrected chi connectivity index (χ4v) is 4.55. The number of aromatic nitrogens is 2. The Labute approximate surface area is 213 Å². The van der Waals surface area contributed by atoms with Gasteiger partial charge in [-0.25, -0.2) is 9.97 Å². The fraction of sp³-hybridized carbons (Fsp3) is 0.615. The Hall–Kier alpha value is -2.34. The van der Waals surface area contributed by atoms with E-state index in [0.717, 1.165) is 50.3 Å². The van der Waals surface area contributed by atoms with Gasteiger partial charge in [-0.3, -0.25) is 5.32 Å². The van der Waals surface area contributed by atoms with E-state index in [9.17, 15) is 10.2 Å². The highest BCUT2D eigenvalue weighted by atomic mass is 16.5. The largest absolute Gasteiger partial charge is 0.491 e. The Morgan fingerprint density at radius 3 is 2.50 bits per heavy atom. The third kappa shape index (κ3) is 7.34. The lowest BCUT2D eigenvalue weighted by Gasteiger charge is -2.32. The molecule has 3 heterocycles. The van der Waals surface area contributed by atoms with Gasteiger partial charge in [-0.05, 0) is 44.9 Å². The number of rotatable bonds is 11. The van der Waals surface area contributed by atoms with Gasteiger partial charge in [0.1, 0.15) is 30.5 Å². The Morgan fingerprint density at radius 2 is 1.78 bits per heavy atom. The molecule has 2 atom stereocenters. The molecular weight excluding hydrogens is 462 g/mol. The van der Waals surface area contributed by atoms with Gasteiger partial charge in [0.15, 0.2) is 5.82 Å². The number of hydrogen-bond acceptors (Lipinski definition) is 10. The topological polar surface area (TPSA) is 121 Å². The molecule has 2 aliphatic heterocycles. The zero-order valence-electron chi connectivity index (χ0n) is 21.2. The van der Waals surface area contributed by atoms with Crippen molar-refractivity contribution < 1.29 is 24.4 Å². The van der Waals surface area contributed by atoms with Gasteiger partial charge >= 0.3 is 0 Å². The first-order chi connectivity index (χ1) is 17.5. The summed E-state index contributed by atoms with van der Waals surface area (Å²) < 4.78 is 16.8. The Bertz CT molecular complexity index is 952. The van der Waals surface area contributed by atoms with Crippen molar-refractivity contribution in [3.05, 3.63) is 36.0 Å². The van der Waals surface area contributed by atoms with Crippen molar-refractivity contribution in [1.29, 1.82) is 0 Å². The van der Waals surface area contributed by atoms with Crippen LogP contribution in [-0.2, 0) is 9.47 Å². The van der Waals surface area contributed by atoms with E-state index in [1.165, 1.54) is 0 Å². The van der Waals surface area contributed by atoms with Crippen molar-refractivity contribution in [2.75, 3.05) is 58.6 Å². The number of likely N-dealkylation sites (N-methyl/N-ethyl adjacent to an activating group) is 1. The highest BCUT2D eigenvalue weighted by Crippen LogP contribution is 2.28. The minimum atomic E-state index is -0.923. The average Bonchev–Trinajstić information content (AvgIpc) is 2.92. The van der Waals surface area contributed by atoms with Crippen LogP contribution in [0.15, 0.2) is 30.3 Å². The van der Waals surface area contributed by atoms with Gasteiger partial charge in [-0.15, -0.1) is 0 Å². The summed E-state index contributed by atoms with van der Waals surface area (Å²) in [4.78, 5) is 11.8. The molecule has 1 aromatic carbocycles. The zero-order valence-corrected chi connectivity index (χ0v) is 21.2. The molecule has 2 fully saturated rings. The molecule has 0 amide bonds. The predicted octanol–water partition coefficient (Wildman–Crippen LogP) is 1.48. The van der Waals surface area contributed by atoms with Crippen LogP contribution in [0.5, 0.6) is 5.75 Å². The number of aliphatic hydroxyl groups is 2. The summed E-state index contributed by atoms with van der Waals surface area (Å²) in [6.07, 6.45) is 2.02. The maximum absolute atomic E-state index is 11.1. The van der Waals surface area contributed by atoms with Crippen molar-refractivity contribution in [3.8, 4) is 17.1 Å². The second kappa shape index (κ2) is 13.3. The molecule has 0 aliphatic carbocycles. The molecule has 10 nitrogen and oxygen atoms in total. The summed E-state index contributed by atoms with van der Waals surface area (Å²) in [5.41, 5.74) is 1.30. The molecule has 2 saturated heterocycles. The number of nitrogens with zero attached hydrogens (tertiary/aromatic N) is 3. The highest BCUT2D eigenvalue weighted by Gasteiger charge is 2.24. The van der Waals surface area contributed by atoms with Crippen molar-refractivity contribution >= 4 is 5.82 Å². The second-order valence-corrected chi connectivity index (χ2v) is 9.44. The van der Waals surface area contributed by atoms with Crippen LogP contribution < -0.4 is 20.3 Å².